The smallest absolute Gasteiger partial charge is 0.131 e. The van der Waals surface area contributed by atoms with E-state index in [1.807, 2.05) is 19.2 Å². The van der Waals surface area contributed by atoms with Crippen LogP contribution in [0, 0.1) is 5.92 Å². The van der Waals surface area contributed by atoms with Crippen LogP contribution in [0.15, 0.2) is 18.3 Å². The van der Waals surface area contributed by atoms with E-state index in [4.69, 9.17) is 4.74 Å². The van der Waals surface area contributed by atoms with E-state index < -0.39 is 0 Å². The summed E-state index contributed by atoms with van der Waals surface area (Å²) in [4.78, 5) is 4.23. The fraction of sp³-hybridized carbons (Fsp3) is 0.615. The molecule has 0 aliphatic rings. The lowest BCUT2D eigenvalue weighted by Gasteiger charge is -2.09. The number of pyridine rings is 1. The van der Waals surface area contributed by atoms with Crippen LogP contribution in [0.2, 0.25) is 0 Å². The van der Waals surface area contributed by atoms with Crippen molar-refractivity contribution in [2.45, 2.75) is 33.3 Å². The molecule has 1 aromatic heterocycles. The van der Waals surface area contributed by atoms with E-state index in [1.165, 1.54) is 6.42 Å². The molecular formula is C13H22N2O. The van der Waals surface area contributed by atoms with Crippen molar-refractivity contribution in [2.24, 2.45) is 5.92 Å². The van der Waals surface area contributed by atoms with Gasteiger partial charge in [-0.3, -0.25) is 0 Å². The third kappa shape index (κ3) is 4.62. The Morgan fingerprint density at radius 2 is 2.25 bits per heavy atom. The molecule has 0 fully saturated rings. The van der Waals surface area contributed by atoms with Gasteiger partial charge in [0, 0.05) is 25.4 Å². The van der Waals surface area contributed by atoms with Crippen LogP contribution in [-0.4, -0.2) is 18.6 Å². The van der Waals surface area contributed by atoms with Crippen LogP contribution in [-0.2, 0) is 11.3 Å². The lowest BCUT2D eigenvalue weighted by Crippen LogP contribution is -2.02. The Balaban J connectivity index is 2.26. The molecule has 0 aliphatic heterocycles. The molecule has 0 radical (unpaired) electrons. The van der Waals surface area contributed by atoms with Crippen LogP contribution < -0.4 is 5.32 Å². The molecule has 0 saturated heterocycles. The van der Waals surface area contributed by atoms with E-state index >= 15 is 0 Å². The number of rotatable bonds is 7. The molecule has 1 aromatic rings. The zero-order valence-corrected chi connectivity index (χ0v) is 10.5. The average Bonchev–Trinajstić information content (AvgIpc) is 2.29. The maximum absolute atomic E-state index is 5.63. The van der Waals surface area contributed by atoms with E-state index in [9.17, 15) is 0 Å². The molecule has 0 atom stereocenters. The number of nitrogens with zero attached hydrogens (tertiary/aromatic N) is 1. The van der Waals surface area contributed by atoms with Gasteiger partial charge in [0.1, 0.15) is 5.82 Å². The van der Waals surface area contributed by atoms with Crippen molar-refractivity contribution >= 4 is 5.82 Å². The fourth-order valence-corrected chi connectivity index (χ4v) is 1.56. The zero-order valence-electron chi connectivity index (χ0n) is 10.5. The van der Waals surface area contributed by atoms with Gasteiger partial charge in [0.15, 0.2) is 0 Å². The Morgan fingerprint density at radius 1 is 1.44 bits per heavy atom. The summed E-state index contributed by atoms with van der Waals surface area (Å²) in [7, 11) is 1.88. The van der Waals surface area contributed by atoms with Crippen LogP contribution in [0.25, 0.3) is 0 Å². The van der Waals surface area contributed by atoms with E-state index in [1.54, 1.807) is 6.20 Å². The van der Waals surface area contributed by atoms with E-state index in [0.717, 1.165) is 30.3 Å². The first-order valence-electron chi connectivity index (χ1n) is 5.93. The van der Waals surface area contributed by atoms with Crippen LogP contribution in [0.5, 0.6) is 0 Å². The van der Waals surface area contributed by atoms with Gasteiger partial charge in [-0.1, -0.05) is 19.9 Å². The second kappa shape index (κ2) is 7.23. The van der Waals surface area contributed by atoms with Gasteiger partial charge < -0.3 is 10.1 Å². The molecule has 90 valence electrons. The summed E-state index contributed by atoms with van der Waals surface area (Å²) in [6.07, 6.45) is 4.15. The minimum atomic E-state index is 0.641. The molecule has 16 heavy (non-hydrogen) atoms. The first-order chi connectivity index (χ1) is 7.74. The number of anilines is 1. The molecule has 0 amide bonds. The number of ether oxygens (including phenoxy) is 1. The molecule has 3 nitrogen and oxygen atoms in total. The molecule has 0 unspecified atom stereocenters. The number of hydrogen-bond acceptors (Lipinski definition) is 3. The molecule has 0 aliphatic carbocycles. The highest BCUT2D eigenvalue weighted by Crippen LogP contribution is 2.12. The SMILES string of the molecule is CNc1ncccc1COCCCC(C)C. The molecular weight excluding hydrogens is 200 g/mol. The maximum Gasteiger partial charge on any atom is 0.131 e. The minimum absolute atomic E-state index is 0.641. The fourth-order valence-electron chi connectivity index (χ4n) is 1.56. The van der Waals surface area contributed by atoms with Gasteiger partial charge in [-0.25, -0.2) is 4.98 Å². The Labute approximate surface area is 98.2 Å². The van der Waals surface area contributed by atoms with Gasteiger partial charge in [0.2, 0.25) is 0 Å². The first-order valence-corrected chi connectivity index (χ1v) is 5.93. The molecule has 0 bridgehead atoms. The first kappa shape index (κ1) is 13.0. The van der Waals surface area contributed by atoms with Crippen LogP contribution >= 0.6 is 0 Å². The number of aromatic nitrogens is 1. The van der Waals surface area contributed by atoms with Crippen molar-refractivity contribution in [3.05, 3.63) is 23.9 Å². The second-order valence-corrected chi connectivity index (χ2v) is 4.35. The van der Waals surface area contributed by atoms with E-state index in [0.29, 0.717) is 6.61 Å². The van der Waals surface area contributed by atoms with Crippen molar-refractivity contribution < 1.29 is 4.74 Å². The highest BCUT2D eigenvalue weighted by atomic mass is 16.5. The highest BCUT2D eigenvalue weighted by Gasteiger charge is 2.01. The third-order valence-corrected chi connectivity index (χ3v) is 2.46. The number of nitrogens with one attached hydrogen (secondary N) is 1. The summed E-state index contributed by atoms with van der Waals surface area (Å²) in [5.41, 5.74) is 1.12. The van der Waals surface area contributed by atoms with Crippen LogP contribution in [0.4, 0.5) is 5.82 Å². The quantitative estimate of drug-likeness (QED) is 0.720. The van der Waals surface area contributed by atoms with Crippen molar-refractivity contribution in [2.75, 3.05) is 19.0 Å². The Morgan fingerprint density at radius 3 is 2.94 bits per heavy atom. The van der Waals surface area contributed by atoms with E-state index in [-0.39, 0.29) is 0 Å². The monoisotopic (exact) mass is 222 g/mol. The molecule has 0 aromatic carbocycles. The summed E-state index contributed by atoms with van der Waals surface area (Å²) in [6.45, 7) is 5.94. The van der Waals surface area contributed by atoms with Gasteiger partial charge in [-0.2, -0.15) is 0 Å². The van der Waals surface area contributed by atoms with Crippen molar-refractivity contribution in [3.63, 3.8) is 0 Å². The summed E-state index contributed by atoms with van der Waals surface area (Å²) in [5.74, 6) is 1.67. The maximum atomic E-state index is 5.63. The molecule has 0 spiro atoms. The van der Waals surface area contributed by atoms with Crippen LogP contribution in [0.1, 0.15) is 32.3 Å². The Hall–Kier alpha value is -1.09. The predicted molar refractivity (Wildman–Crippen MR) is 67.5 cm³/mol. The average molecular weight is 222 g/mol. The van der Waals surface area contributed by atoms with Crippen molar-refractivity contribution in [1.29, 1.82) is 0 Å². The predicted octanol–water partition coefficient (Wildman–Crippen LogP) is 3.08. The largest absolute Gasteiger partial charge is 0.377 e. The summed E-state index contributed by atoms with van der Waals surface area (Å²) in [5, 5.41) is 3.06. The summed E-state index contributed by atoms with van der Waals surface area (Å²) < 4.78 is 5.63. The summed E-state index contributed by atoms with van der Waals surface area (Å²) in [6, 6.07) is 3.98. The standard InChI is InChI=1S/C13H22N2O/c1-11(2)6-5-9-16-10-12-7-4-8-15-13(12)14-3/h4,7-8,11H,5-6,9-10H2,1-3H3,(H,14,15). The van der Waals surface area contributed by atoms with Gasteiger partial charge in [-0.05, 0) is 24.8 Å². The third-order valence-electron chi connectivity index (χ3n) is 2.46. The van der Waals surface area contributed by atoms with Crippen molar-refractivity contribution in [3.8, 4) is 0 Å². The van der Waals surface area contributed by atoms with Gasteiger partial charge >= 0.3 is 0 Å². The van der Waals surface area contributed by atoms with E-state index in [2.05, 4.69) is 24.1 Å². The molecule has 1 heterocycles. The lowest BCUT2D eigenvalue weighted by atomic mass is 10.1. The van der Waals surface area contributed by atoms with Gasteiger partial charge in [-0.15, -0.1) is 0 Å². The molecule has 0 saturated carbocycles. The number of hydrogen-bond donors (Lipinski definition) is 1. The van der Waals surface area contributed by atoms with Crippen molar-refractivity contribution in [1.82, 2.24) is 4.98 Å². The second-order valence-electron chi connectivity index (χ2n) is 4.35. The lowest BCUT2D eigenvalue weighted by molar-refractivity contribution is 0.115. The van der Waals surface area contributed by atoms with Crippen LogP contribution in [0.3, 0.4) is 0 Å². The molecule has 1 N–H and O–H groups in total. The highest BCUT2D eigenvalue weighted by molar-refractivity contribution is 5.42. The Bertz CT molecular complexity index is 300. The topological polar surface area (TPSA) is 34.2 Å². The summed E-state index contributed by atoms with van der Waals surface area (Å²) >= 11 is 0. The zero-order chi connectivity index (χ0) is 11.8. The van der Waals surface area contributed by atoms with Gasteiger partial charge in [0.25, 0.3) is 0 Å². The normalized spacial score (nSPS) is 10.8. The minimum Gasteiger partial charge on any atom is -0.377 e. The van der Waals surface area contributed by atoms with Gasteiger partial charge in [0.05, 0.1) is 6.61 Å². The Kier molecular flexibility index (Phi) is 5.86. The molecule has 1 rings (SSSR count). The molecule has 3 heteroatoms.